The largest absolute Gasteiger partial charge is 0.486 e. The molecule has 3 aromatic rings. The Morgan fingerprint density at radius 1 is 1.29 bits per heavy atom. The number of hydrogen-bond donors (Lipinski definition) is 2. The Hall–Kier alpha value is -3.77. The molecule has 3 aromatic heterocycles. The number of fused-ring (bicyclic) bond motifs is 2. The lowest BCUT2D eigenvalue weighted by atomic mass is 10.0. The molecule has 9 nitrogen and oxygen atoms in total. The fraction of sp³-hybridized carbons (Fsp3) is 0.400. The Morgan fingerprint density at radius 3 is 2.97 bits per heavy atom. The summed E-state index contributed by atoms with van der Waals surface area (Å²) < 4.78 is 33.7. The van der Waals surface area contributed by atoms with Crippen LogP contribution in [0.15, 0.2) is 24.5 Å². The molecule has 0 saturated heterocycles. The molecule has 5 rings (SSSR count). The summed E-state index contributed by atoms with van der Waals surface area (Å²) in [5, 5.41) is 13.9. The first-order valence-corrected chi connectivity index (χ1v) is 11.1. The van der Waals surface area contributed by atoms with Gasteiger partial charge < -0.3 is 20.1 Å². The van der Waals surface area contributed by atoms with Crippen LogP contribution in [0.2, 0.25) is 0 Å². The predicted octanol–water partition coefficient (Wildman–Crippen LogP) is 2.80. The van der Waals surface area contributed by atoms with Crippen LogP contribution >= 0.6 is 0 Å². The lowest BCUT2D eigenvalue weighted by Gasteiger charge is -2.25. The SMILES string of the molecule is [2H]C([2H])([2H])Nc1ncc(C#Cc2cc3c(cn2)OC(COC)CC3)c2cc(NC(=O)[C@H]3C[C@H]3C)nnc12. The molecule has 34 heavy (non-hydrogen) atoms. The van der Waals surface area contributed by atoms with Crippen molar-refractivity contribution in [1.29, 1.82) is 0 Å². The minimum Gasteiger partial charge on any atom is -0.486 e. The summed E-state index contributed by atoms with van der Waals surface area (Å²) in [5.74, 6) is 7.36. The number of rotatable bonds is 5. The molecule has 0 radical (unpaired) electrons. The summed E-state index contributed by atoms with van der Waals surface area (Å²) in [4.78, 5) is 21.0. The molecule has 0 spiro atoms. The molecule has 1 unspecified atom stereocenters. The van der Waals surface area contributed by atoms with Crippen LogP contribution in [-0.2, 0) is 16.0 Å². The molecule has 1 saturated carbocycles. The zero-order valence-corrected chi connectivity index (χ0v) is 18.9. The maximum absolute atomic E-state index is 12.4. The van der Waals surface area contributed by atoms with E-state index in [2.05, 4.69) is 42.6 Å². The van der Waals surface area contributed by atoms with Crippen molar-refractivity contribution in [2.24, 2.45) is 11.8 Å². The first kappa shape index (κ1) is 18.6. The second kappa shape index (κ2) is 9.23. The number of pyridine rings is 2. The zero-order chi connectivity index (χ0) is 26.2. The maximum atomic E-state index is 12.4. The number of carbonyl (C=O) groups excluding carboxylic acids is 1. The number of methoxy groups -OCH3 is 1. The van der Waals surface area contributed by atoms with Gasteiger partial charge in [0.25, 0.3) is 0 Å². The zero-order valence-electron chi connectivity index (χ0n) is 21.9. The number of hydrogen-bond acceptors (Lipinski definition) is 8. The van der Waals surface area contributed by atoms with Gasteiger partial charge in [-0.25, -0.2) is 9.97 Å². The lowest BCUT2D eigenvalue weighted by molar-refractivity contribution is -0.117. The molecule has 1 aliphatic carbocycles. The summed E-state index contributed by atoms with van der Waals surface area (Å²) >= 11 is 0. The van der Waals surface area contributed by atoms with Gasteiger partial charge in [0.2, 0.25) is 5.91 Å². The first-order chi connectivity index (χ1) is 17.7. The van der Waals surface area contributed by atoms with E-state index < -0.39 is 6.98 Å². The highest BCUT2D eigenvalue weighted by molar-refractivity contribution is 5.97. The molecular formula is C25H26N6O3. The molecule has 9 heteroatoms. The number of aryl methyl sites for hydroxylation is 1. The highest BCUT2D eigenvalue weighted by atomic mass is 16.5. The quantitative estimate of drug-likeness (QED) is 0.558. The summed E-state index contributed by atoms with van der Waals surface area (Å²) in [5.41, 5.74) is 2.31. The van der Waals surface area contributed by atoms with E-state index in [9.17, 15) is 4.79 Å². The number of amides is 1. The number of nitrogens with one attached hydrogen (secondary N) is 2. The van der Waals surface area contributed by atoms with E-state index in [1.54, 1.807) is 19.4 Å². The van der Waals surface area contributed by atoms with Gasteiger partial charge >= 0.3 is 0 Å². The fourth-order valence-electron chi connectivity index (χ4n) is 4.03. The van der Waals surface area contributed by atoms with Gasteiger partial charge in [0.05, 0.1) is 18.4 Å². The Balaban J connectivity index is 1.47. The molecule has 2 aliphatic rings. The fourth-order valence-corrected chi connectivity index (χ4v) is 4.03. The number of anilines is 2. The van der Waals surface area contributed by atoms with Crippen molar-refractivity contribution in [1.82, 2.24) is 20.2 Å². The van der Waals surface area contributed by atoms with Crippen molar-refractivity contribution in [3.63, 3.8) is 0 Å². The highest BCUT2D eigenvalue weighted by Crippen LogP contribution is 2.38. The molecule has 0 bridgehead atoms. The number of carbonyl (C=O) groups is 1. The van der Waals surface area contributed by atoms with Crippen LogP contribution < -0.4 is 15.4 Å². The first-order valence-electron chi connectivity index (χ1n) is 12.6. The second-order valence-corrected chi connectivity index (χ2v) is 8.61. The van der Waals surface area contributed by atoms with E-state index >= 15 is 0 Å². The van der Waals surface area contributed by atoms with E-state index in [4.69, 9.17) is 13.6 Å². The smallest absolute Gasteiger partial charge is 0.228 e. The number of ether oxygens (including phenoxy) is 2. The predicted molar refractivity (Wildman–Crippen MR) is 128 cm³/mol. The molecular weight excluding hydrogens is 432 g/mol. The molecule has 2 N–H and O–H groups in total. The van der Waals surface area contributed by atoms with Crippen LogP contribution in [0.1, 0.15) is 40.7 Å². The van der Waals surface area contributed by atoms with E-state index in [1.807, 2.05) is 13.0 Å². The number of nitrogens with zero attached hydrogens (tertiary/aromatic N) is 4. The lowest BCUT2D eigenvalue weighted by Crippen LogP contribution is -2.27. The standard InChI is InChI=1S/C25H26N6O3/c1-14-8-19(14)25(32)29-22-10-20-16(11-28-24(26-2)23(20)31-30-22)4-6-17-9-15-5-7-18(13-33-3)34-21(15)12-27-17/h9-12,14,18-19H,5,7-8,13H2,1-3H3,(H,26,28)(H,29,30,32)/t14-,18?,19+/m1/s1/i2D3. The van der Waals surface area contributed by atoms with Gasteiger partial charge in [-0.2, -0.15) is 0 Å². The molecule has 1 aliphatic heterocycles. The normalized spacial score (nSPS) is 22.2. The van der Waals surface area contributed by atoms with Gasteiger partial charge in [0.15, 0.2) is 11.6 Å². The Kier molecular flexibility index (Phi) is 5.06. The van der Waals surface area contributed by atoms with Gasteiger partial charge in [0, 0.05) is 35.7 Å². The minimum absolute atomic E-state index is 0.00891. The van der Waals surface area contributed by atoms with E-state index in [0.717, 1.165) is 30.6 Å². The summed E-state index contributed by atoms with van der Waals surface area (Å²) in [7, 11) is 1.65. The van der Waals surface area contributed by atoms with E-state index in [1.165, 1.54) is 6.20 Å². The van der Waals surface area contributed by atoms with E-state index in [0.29, 0.717) is 29.2 Å². The Morgan fingerprint density at radius 2 is 2.18 bits per heavy atom. The third-order valence-electron chi connectivity index (χ3n) is 6.10. The summed E-state index contributed by atoms with van der Waals surface area (Å²) in [6.07, 6.45) is 5.66. The maximum Gasteiger partial charge on any atom is 0.228 e. The van der Waals surface area contributed by atoms with Crippen LogP contribution in [0, 0.1) is 23.7 Å². The van der Waals surface area contributed by atoms with Crippen molar-refractivity contribution >= 4 is 28.4 Å². The average Bonchev–Trinajstić information content (AvgIpc) is 3.59. The van der Waals surface area contributed by atoms with Crippen molar-refractivity contribution in [2.45, 2.75) is 32.3 Å². The van der Waals surface area contributed by atoms with Crippen molar-refractivity contribution in [3.05, 3.63) is 41.3 Å². The topological polar surface area (TPSA) is 111 Å². The molecule has 4 heterocycles. The minimum atomic E-state index is -2.47. The Labute approximate surface area is 201 Å². The second-order valence-electron chi connectivity index (χ2n) is 8.61. The highest BCUT2D eigenvalue weighted by Gasteiger charge is 2.39. The van der Waals surface area contributed by atoms with Gasteiger partial charge in [-0.05, 0) is 48.8 Å². The molecule has 174 valence electrons. The third kappa shape index (κ3) is 4.50. The van der Waals surface area contributed by atoms with Gasteiger partial charge in [-0.3, -0.25) is 4.79 Å². The average molecular weight is 462 g/mol. The van der Waals surface area contributed by atoms with Crippen LogP contribution in [0.4, 0.5) is 11.6 Å². The van der Waals surface area contributed by atoms with Crippen molar-refractivity contribution in [3.8, 4) is 17.6 Å². The van der Waals surface area contributed by atoms with Crippen LogP contribution in [0.3, 0.4) is 0 Å². The van der Waals surface area contributed by atoms with Crippen LogP contribution in [-0.4, -0.2) is 52.9 Å². The van der Waals surface area contributed by atoms with Crippen molar-refractivity contribution < 1.29 is 18.4 Å². The van der Waals surface area contributed by atoms with E-state index in [-0.39, 0.29) is 35.1 Å². The molecule has 0 aromatic carbocycles. The van der Waals surface area contributed by atoms with Gasteiger partial charge in [0.1, 0.15) is 23.1 Å². The number of aromatic nitrogens is 4. The third-order valence-corrected chi connectivity index (χ3v) is 6.10. The summed E-state index contributed by atoms with van der Waals surface area (Å²) in [6, 6.07) is 3.53. The van der Waals surface area contributed by atoms with Gasteiger partial charge in [-0.1, -0.05) is 12.8 Å². The van der Waals surface area contributed by atoms with Crippen LogP contribution in [0.25, 0.3) is 10.9 Å². The molecule has 1 amide bonds. The van der Waals surface area contributed by atoms with Crippen LogP contribution in [0.5, 0.6) is 5.75 Å². The van der Waals surface area contributed by atoms with Gasteiger partial charge in [-0.15, -0.1) is 10.2 Å². The van der Waals surface area contributed by atoms with Crippen molar-refractivity contribution in [2.75, 3.05) is 31.3 Å². The summed E-state index contributed by atoms with van der Waals surface area (Å²) in [6.45, 7) is 0.0706. The molecule has 3 atom stereocenters. The monoisotopic (exact) mass is 461 g/mol. The molecule has 1 fully saturated rings. The Bertz CT molecular complexity index is 1420.